The van der Waals surface area contributed by atoms with E-state index in [-0.39, 0.29) is 17.1 Å². The molecule has 1 rings (SSSR count). The predicted octanol–water partition coefficient (Wildman–Crippen LogP) is 2.79. The number of ether oxygens (including phenoxy) is 4. The number of hydrogen-bond donors (Lipinski definition) is 2. The molecular weight excluding hydrogens is 346 g/mol. The number of carboxylic acids is 1. The molecule has 0 bridgehead atoms. The second-order valence-corrected chi connectivity index (χ2v) is 6.21. The smallest absolute Gasteiger partial charge is 0.480 e. The minimum Gasteiger partial charge on any atom is -0.480 e. The van der Waals surface area contributed by atoms with Crippen LogP contribution < -0.4 is 15.2 Å². The number of carbonyl (C=O) groups excluding carboxylic acids is 2. The van der Waals surface area contributed by atoms with E-state index in [2.05, 4.69) is 0 Å². The Kier molecular flexibility index (Phi) is 6.96. The van der Waals surface area contributed by atoms with Crippen LogP contribution in [0.3, 0.4) is 0 Å². The van der Waals surface area contributed by atoms with Crippen molar-refractivity contribution in [1.29, 1.82) is 0 Å². The van der Waals surface area contributed by atoms with Crippen LogP contribution in [0.1, 0.15) is 40.2 Å². The summed E-state index contributed by atoms with van der Waals surface area (Å²) in [5.41, 5.74) is 4.15. The minimum atomic E-state index is -1.75. The quantitative estimate of drug-likeness (QED) is 0.573. The summed E-state index contributed by atoms with van der Waals surface area (Å²) in [6.45, 7) is 7.78. The van der Waals surface area contributed by atoms with Crippen molar-refractivity contribution in [2.24, 2.45) is 5.73 Å². The normalized spacial score (nSPS) is 13.1. The first-order valence-corrected chi connectivity index (χ1v) is 7.87. The Morgan fingerprint density at radius 3 is 1.85 bits per heavy atom. The van der Waals surface area contributed by atoms with Crippen LogP contribution in [0.15, 0.2) is 18.2 Å². The molecule has 0 aliphatic heterocycles. The summed E-state index contributed by atoms with van der Waals surface area (Å²) >= 11 is 0. The van der Waals surface area contributed by atoms with Gasteiger partial charge in [0, 0.05) is 0 Å². The Morgan fingerprint density at radius 2 is 1.42 bits per heavy atom. The van der Waals surface area contributed by atoms with Crippen LogP contribution in [0.4, 0.5) is 9.59 Å². The van der Waals surface area contributed by atoms with Gasteiger partial charge >= 0.3 is 18.3 Å². The van der Waals surface area contributed by atoms with E-state index in [9.17, 15) is 19.5 Å². The summed E-state index contributed by atoms with van der Waals surface area (Å²) in [7, 11) is 0. The molecule has 0 amide bonds. The maximum Gasteiger partial charge on any atom is 0.514 e. The third-order valence-corrected chi connectivity index (χ3v) is 3.04. The van der Waals surface area contributed by atoms with E-state index in [1.807, 2.05) is 0 Å². The second-order valence-electron chi connectivity index (χ2n) is 6.21. The van der Waals surface area contributed by atoms with Crippen molar-refractivity contribution in [3.8, 4) is 11.5 Å². The number of nitrogens with two attached hydrogens (primary N) is 1. The molecule has 0 radical (unpaired) electrons. The van der Waals surface area contributed by atoms with E-state index in [0.29, 0.717) is 0 Å². The first-order valence-electron chi connectivity index (χ1n) is 7.87. The molecule has 0 unspecified atom stereocenters. The van der Waals surface area contributed by atoms with E-state index >= 15 is 0 Å². The van der Waals surface area contributed by atoms with Gasteiger partial charge < -0.3 is 29.8 Å². The van der Waals surface area contributed by atoms with Crippen LogP contribution in [0.5, 0.6) is 11.5 Å². The molecule has 26 heavy (non-hydrogen) atoms. The molecular formula is C17H23NO8. The van der Waals surface area contributed by atoms with Crippen molar-refractivity contribution in [3.63, 3.8) is 0 Å². The van der Waals surface area contributed by atoms with Crippen molar-refractivity contribution in [2.75, 3.05) is 0 Å². The molecule has 9 heteroatoms. The lowest BCUT2D eigenvalue weighted by Gasteiger charge is -2.21. The van der Waals surface area contributed by atoms with Gasteiger partial charge in [-0.2, -0.15) is 0 Å². The third kappa shape index (κ3) is 5.92. The number of carboxylic acid groups (broad SMARTS) is 1. The van der Waals surface area contributed by atoms with Crippen LogP contribution in [-0.2, 0) is 19.8 Å². The number of carbonyl (C=O) groups is 3. The van der Waals surface area contributed by atoms with E-state index in [1.165, 1.54) is 25.1 Å². The van der Waals surface area contributed by atoms with Crippen molar-refractivity contribution in [3.05, 3.63) is 23.8 Å². The zero-order chi connectivity index (χ0) is 20.1. The summed E-state index contributed by atoms with van der Waals surface area (Å²) in [4.78, 5) is 34.8. The lowest BCUT2D eigenvalue weighted by atomic mass is 9.93. The zero-order valence-corrected chi connectivity index (χ0v) is 15.3. The van der Waals surface area contributed by atoms with E-state index < -0.39 is 36.0 Å². The molecule has 1 aromatic carbocycles. The number of hydrogen-bond acceptors (Lipinski definition) is 8. The van der Waals surface area contributed by atoms with E-state index in [4.69, 9.17) is 24.7 Å². The van der Waals surface area contributed by atoms with Gasteiger partial charge in [-0.15, -0.1) is 0 Å². The van der Waals surface area contributed by atoms with Gasteiger partial charge in [-0.1, -0.05) is 6.07 Å². The molecule has 0 heterocycles. The van der Waals surface area contributed by atoms with Gasteiger partial charge in [0.25, 0.3) is 0 Å². The highest BCUT2D eigenvalue weighted by Crippen LogP contribution is 2.33. The molecule has 0 aromatic heterocycles. The fourth-order valence-corrected chi connectivity index (χ4v) is 1.73. The lowest BCUT2D eigenvalue weighted by molar-refractivity contribution is -0.143. The molecule has 1 aromatic rings. The van der Waals surface area contributed by atoms with Crippen LogP contribution in [0.25, 0.3) is 0 Å². The fraction of sp³-hybridized carbons (Fsp3) is 0.471. The molecule has 0 fully saturated rings. The van der Waals surface area contributed by atoms with Gasteiger partial charge in [-0.25, -0.2) is 14.4 Å². The summed E-state index contributed by atoms with van der Waals surface area (Å²) in [6.07, 6.45) is -2.92. The van der Waals surface area contributed by atoms with Crippen LogP contribution in [0, 0.1) is 0 Å². The molecule has 0 aliphatic rings. The maximum atomic E-state index is 11.8. The van der Waals surface area contributed by atoms with Gasteiger partial charge in [0.2, 0.25) is 0 Å². The molecule has 3 N–H and O–H groups in total. The van der Waals surface area contributed by atoms with Gasteiger partial charge in [0.05, 0.1) is 12.2 Å². The summed E-state index contributed by atoms with van der Waals surface area (Å²) < 4.78 is 19.8. The average molecular weight is 369 g/mol. The Balaban J connectivity index is 3.21. The van der Waals surface area contributed by atoms with Crippen LogP contribution in [0.2, 0.25) is 0 Å². The highest BCUT2D eigenvalue weighted by atomic mass is 16.7. The SMILES string of the molecule is CC(C)OC(=O)Oc1ccc([C@](C)(N)C(=O)O)cc1OC(=O)OC(C)C. The van der Waals surface area contributed by atoms with Crippen molar-refractivity contribution < 1.29 is 38.4 Å². The Bertz CT molecular complexity index is 681. The first-order chi connectivity index (χ1) is 11.9. The summed E-state index contributed by atoms with van der Waals surface area (Å²) in [6, 6.07) is 3.78. The predicted molar refractivity (Wildman–Crippen MR) is 90.1 cm³/mol. The fourth-order valence-electron chi connectivity index (χ4n) is 1.73. The van der Waals surface area contributed by atoms with Gasteiger partial charge in [0.1, 0.15) is 5.54 Å². The first kappa shape index (κ1) is 21.2. The molecule has 144 valence electrons. The van der Waals surface area contributed by atoms with E-state index in [0.717, 1.165) is 0 Å². The molecule has 0 aliphatic carbocycles. The molecule has 9 nitrogen and oxygen atoms in total. The standard InChI is InChI=1S/C17H23NO8/c1-9(2)23-15(21)25-12-7-6-11(17(5,18)14(19)20)8-13(12)26-16(22)24-10(3)4/h6-10H,18H2,1-5H3,(H,19,20)/t17-/m0/s1. The molecule has 1 atom stereocenters. The highest BCUT2D eigenvalue weighted by molar-refractivity contribution is 5.80. The van der Waals surface area contributed by atoms with Crippen molar-refractivity contribution in [2.45, 2.75) is 52.4 Å². The third-order valence-electron chi connectivity index (χ3n) is 3.04. The van der Waals surface area contributed by atoms with Crippen LogP contribution >= 0.6 is 0 Å². The molecule has 0 saturated heterocycles. The maximum absolute atomic E-state index is 11.8. The lowest BCUT2D eigenvalue weighted by Crippen LogP contribution is -2.41. The van der Waals surface area contributed by atoms with Gasteiger partial charge in [-0.05, 0) is 52.3 Å². The Hall–Kier alpha value is -2.81. The van der Waals surface area contributed by atoms with Crippen molar-refractivity contribution in [1.82, 2.24) is 0 Å². The zero-order valence-electron chi connectivity index (χ0n) is 15.3. The molecule has 0 spiro atoms. The molecule has 0 saturated carbocycles. The Labute approximate surface area is 151 Å². The largest absolute Gasteiger partial charge is 0.514 e. The highest BCUT2D eigenvalue weighted by Gasteiger charge is 2.32. The summed E-state index contributed by atoms with van der Waals surface area (Å²) in [5, 5.41) is 9.24. The monoisotopic (exact) mass is 369 g/mol. The summed E-state index contributed by atoms with van der Waals surface area (Å²) in [5.74, 6) is -1.67. The number of rotatable bonds is 6. The van der Waals surface area contributed by atoms with Crippen molar-refractivity contribution >= 4 is 18.3 Å². The van der Waals surface area contributed by atoms with Gasteiger partial charge in [0.15, 0.2) is 11.5 Å². The second kappa shape index (κ2) is 8.52. The van der Waals surface area contributed by atoms with Gasteiger partial charge in [-0.3, -0.25) is 0 Å². The van der Waals surface area contributed by atoms with Crippen LogP contribution in [-0.4, -0.2) is 35.6 Å². The average Bonchev–Trinajstić information content (AvgIpc) is 2.46. The minimum absolute atomic E-state index is 0.127. The number of aliphatic carboxylic acids is 1. The van der Waals surface area contributed by atoms with E-state index in [1.54, 1.807) is 27.7 Å². The Morgan fingerprint density at radius 1 is 0.962 bits per heavy atom. The number of benzene rings is 1. The topological polar surface area (TPSA) is 134 Å².